The van der Waals surface area contributed by atoms with Gasteiger partial charge in [0.25, 0.3) is 0 Å². The average Bonchev–Trinajstić information content (AvgIpc) is 2.53. The van der Waals surface area contributed by atoms with Crippen LogP contribution in [0, 0.1) is 13.8 Å². The number of sulfonamides is 1. The highest BCUT2D eigenvalue weighted by atomic mass is 32.2. The molecule has 0 aliphatic heterocycles. The zero-order valence-corrected chi connectivity index (χ0v) is 13.4. The van der Waals surface area contributed by atoms with Crippen LogP contribution in [0.2, 0.25) is 0 Å². The minimum absolute atomic E-state index is 0.0932. The van der Waals surface area contributed by atoms with Crippen LogP contribution in [0.4, 0.5) is 0 Å². The lowest BCUT2D eigenvalue weighted by molar-refractivity contribution is 0.141. The topological polar surface area (TPSA) is 93.5 Å². The predicted octanol–water partition coefficient (Wildman–Crippen LogP) is 0.196. The van der Waals surface area contributed by atoms with E-state index in [-0.39, 0.29) is 24.7 Å². The third-order valence-corrected chi connectivity index (χ3v) is 4.76. The van der Waals surface area contributed by atoms with Gasteiger partial charge in [0, 0.05) is 7.11 Å². The monoisotopic (exact) mass is 305 g/mol. The molecule has 20 heavy (non-hydrogen) atoms. The Balaban J connectivity index is 3.16. The molecule has 7 nitrogen and oxygen atoms in total. The van der Waals surface area contributed by atoms with E-state index in [1.165, 1.54) is 11.8 Å². The van der Waals surface area contributed by atoms with Crippen LogP contribution in [0.15, 0.2) is 4.90 Å². The molecule has 0 atom stereocenters. The summed E-state index contributed by atoms with van der Waals surface area (Å²) in [6, 6.07) is 0. The molecule has 0 aliphatic carbocycles. The van der Waals surface area contributed by atoms with Gasteiger partial charge in [-0.1, -0.05) is 0 Å². The second-order valence-electron chi connectivity index (χ2n) is 5.37. The Labute approximate surface area is 120 Å². The van der Waals surface area contributed by atoms with Crippen LogP contribution in [0.3, 0.4) is 0 Å². The van der Waals surface area contributed by atoms with Gasteiger partial charge >= 0.3 is 0 Å². The molecular weight excluding hydrogens is 282 g/mol. The van der Waals surface area contributed by atoms with Crippen molar-refractivity contribution in [3.8, 4) is 0 Å². The van der Waals surface area contributed by atoms with Crippen molar-refractivity contribution in [3.63, 3.8) is 0 Å². The van der Waals surface area contributed by atoms with Crippen molar-refractivity contribution >= 4 is 10.0 Å². The maximum absolute atomic E-state index is 12.5. The number of aliphatic hydroxyl groups excluding tert-OH is 1. The first-order valence-electron chi connectivity index (χ1n) is 6.32. The van der Waals surface area contributed by atoms with Crippen LogP contribution in [-0.4, -0.2) is 49.2 Å². The molecule has 0 radical (unpaired) electrons. The summed E-state index contributed by atoms with van der Waals surface area (Å²) in [6.45, 7) is 7.24. The summed E-state index contributed by atoms with van der Waals surface area (Å²) in [6.07, 6.45) is 0. The third kappa shape index (κ3) is 3.78. The van der Waals surface area contributed by atoms with Gasteiger partial charge in [0.05, 0.1) is 36.7 Å². The van der Waals surface area contributed by atoms with Crippen LogP contribution >= 0.6 is 0 Å². The van der Waals surface area contributed by atoms with E-state index in [1.54, 1.807) is 27.7 Å². The standard InChI is InChI=1S/C12H23N3O4S/c1-9-11(10(2)15(13-9)6-7-16)20(17,18)14-12(3,4)8-19-5/h14,16H,6-8H2,1-5H3. The lowest BCUT2D eigenvalue weighted by Crippen LogP contribution is -2.46. The minimum atomic E-state index is -3.69. The Kier molecular flexibility index (Phi) is 5.31. The van der Waals surface area contributed by atoms with Crippen molar-refractivity contribution in [1.29, 1.82) is 0 Å². The van der Waals surface area contributed by atoms with Gasteiger partial charge < -0.3 is 9.84 Å². The predicted molar refractivity (Wildman–Crippen MR) is 75.1 cm³/mol. The summed E-state index contributed by atoms with van der Waals surface area (Å²) in [7, 11) is -2.17. The molecule has 1 aromatic heterocycles. The van der Waals surface area contributed by atoms with Crippen molar-refractivity contribution < 1.29 is 18.3 Å². The summed E-state index contributed by atoms with van der Waals surface area (Å²) in [5, 5.41) is 13.1. The summed E-state index contributed by atoms with van der Waals surface area (Å²) < 4.78 is 34.1. The van der Waals surface area contributed by atoms with Crippen LogP contribution in [0.25, 0.3) is 0 Å². The van der Waals surface area contributed by atoms with Gasteiger partial charge in [-0.15, -0.1) is 0 Å². The number of aromatic nitrogens is 2. The first-order valence-corrected chi connectivity index (χ1v) is 7.80. The summed E-state index contributed by atoms with van der Waals surface area (Å²) in [5.74, 6) is 0. The number of methoxy groups -OCH3 is 1. The van der Waals surface area contributed by atoms with Crippen LogP contribution in [0.1, 0.15) is 25.2 Å². The van der Waals surface area contributed by atoms with Crippen molar-refractivity contribution in [2.75, 3.05) is 20.3 Å². The lowest BCUT2D eigenvalue weighted by Gasteiger charge is -2.25. The molecule has 0 aliphatic rings. The molecular formula is C12H23N3O4S. The highest BCUT2D eigenvalue weighted by Crippen LogP contribution is 2.21. The molecule has 0 fully saturated rings. The van der Waals surface area contributed by atoms with E-state index in [4.69, 9.17) is 9.84 Å². The van der Waals surface area contributed by atoms with E-state index in [1.807, 2.05) is 0 Å². The molecule has 1 aromatic rings. The van der Waals surface area contributed by atoms with Gasteiger partial charge in [0.1, 0.15) is 4.90 Å². The number of aliphatic hydroxyl groups is 1. The molecule has 0 unspecified atom stereocenters. The van der Waals surface area contributed by atoms with Gasteiger partial charge in [-0.25, -0.2) is 13.1 Å². The van der Waals surface area contributed by atoms with Crippen LogP contribution in [0.5, 0.6) is 0 Å². The van der Waals surface area contributed by atoms with E-state index in [2.05, 4.69) is 9.82 Å². The zero-order chi connectivity index (χ0) is 15.6. The molecule has 0 spiro atoms. The van der Waals surface area contributed by atoms with E-state index in [9.17, 15) is 8.42 Å². The van der Waals surface area contributed by atoms with Crippen molar-refractivity contribution in [3.05, 3.63) is 11.4 Å². The highest BCUT2D eigenvalue weighted by molar-refractivity contribution is 7.89. The fourth-order valence-corrected chi connectivity index (χ4v) is 4.00. The zero-order valence-electron chi connectivity index (χ0n) is 12.6. The van der Waals surface area contributed by atoms with Gasteiger partial charge in [0.15, 0.2) is 0 Å². The van der Waals surface area contributed by atoms with Crippen LogP contribution < -0.4 is 4.72 Å². The first kappa shape index (κ1) is 17.1. The fourth-order valence-electron chi connectivity index (χ4n) is 2.19. The number of hydrogen-bond donors (Lipinski definition) is 2. The largest absolute Gasteiger partial charge is 0.394 e. The van der Waals surface area contributed by atoms with Crippen molar-refractivity contribution in [2.45, 2.75) is 44.7 Å². The molecule has 1 heterocycles. The molecule has 0 saturated carbocycles. The average molecular weight is 305 g/mol. The second-order valence-corrected chi connectivity index (χ2v) is 6.99. The summed E-state index contributed by atoms with van der Waals surface area (Å²) >= 11 is 0. The fraction of sp³-hybridized carbons (Fsp3) is 0.750. The molecule has 0 aromatic carbocycles. The molecule has 1 rings (SSSR count). The smallest absolute Gasteiger partial charge is 0.244 e. The number of nitrogens with zero attached hydrogens (tertiary/aromatic N) is 2. The Bertz CT molecular complexity index is 564. The summed E-state index contributed by atoms with van der Waals surface area (Å²) in [5.41, 5.74) is 0.208. The first-order chi connectivity index (χ1) is 9.14. The van der Waals surface area contributed by atoms with Gasteiger partial charge in [-0.3, -0.25) is 4.68 Å². The summed E-state index contributed by atoms with van der Waals surface area (Å²) in [4.78, 5) is 0.162. The molecule has 8 heteroatoms. The maximum Gasteiger partial charge on any atom is 0.244 e. The Morgan fingerprint density at radius 3 is 2.50 bits per heavy atom. The quantitative estimate of drug-likeness (QED) is 0.750. The van der Waals surface area contributed by atoms with Gasteiger partial charge in [-0.2, -0.15) is 5.10 Å². The highest BCUT2D eigenvalue weighted by Gasteiger charge is 2.30. The Hall–Kier alpha value is -0.960. The van der Waals surface area contributed by atoms with Crippen molar-refractivity contribution in [2.24, 2.45) is 0 Å². The third-order valence-electron chi connectivity index (χ3n) is 2.81. The molecule has 0 saturated heterocycles. The lowest BCUT2D eigenvalue weighted by atomic mass is 10.1. The van der Waals surface area contributed by atoms with E-state index >= 15 is 0 Å². The Morgan fingerprint density at radius 2 is 2.00 bits per heavy atom. The van der Waals surface area contributed by atoms with Crippen molar-refractivity contribution in [1.82, 2.24) is 14.5 Å². The molecule has 2 N–H and O–H groups in total. The second kappa shape index (κ2) is 6.21. The van der Waals surface area contributed by atoms with E-state index in [0.717, 1.165) is 0 Å². The minimum Gasteiger partial charge on any atom is -0.394 e. The number of aryl methyl sites for hydroxylation is 1. The maximum atomic E-state index is 12.5. The van der Waals surface area contributed by atoms with E-state index < -0.39 is 15.6 Å². The van der Waals surface area contributed by atoms with Crippen LogP contribution in [-0.2, 0) is 21.3 Å². The molecule has 116 valence electrons. The molecule has 0 bridgehead atoms. The van der Waals surface area contributed by atoms with Gasteiger partial charge in [0.2, 0.25) is 10.0 Å². The number of hydrogen-bond acceptors (Lipinski definition) is 5. The number of rotatable bonds is 7. The number of ether oxygens (including phenoxy) is 1. The number of nitrogens with one attached hydrogen (secondary N) is 1. The van der Waals surface area contributed by atoms with Gasteiger partial charge in [-0.05, 0) is 27.7 Å². The SMILES string of the molecule is COCC(C)(C)NS(=O)(=O)c1c(C)nn(CCO)c1C. The van der Waals surface area contributed by atoms with E-state index in [0.29, 0.717) is 11.4 Å². The normalized spacial score (nSPS) is 12.9. The molecule has 0 amide bonds. The Morgan fingerprint density at radius 1 is 1.40 bits per heavy atom.